The van der Waals surface area contributed by atoms with Crippen LogP contribution in [-0.2, 0) is 4.74 Å². The third-order valence-corrected chi connectivity index (χ3v) is 1.95. The van der Waals surface area contributed by atoms with Crippen LogP contribution in [-0.4, -0.2) is 24.7 Å². The summed E-state index contributed by atoms with van der Waals surface area (Å²) in [6.07, 6.45) is 1.35. The van der Waals surface area contributed by atoms with E-state index in [0.717, 1.165) is 5.56 Å². The molecule has 0 amide bonds. The van der Waals surface area contributed by atoms with Gasteiger partial charge in [0, 0.05) is 30.7 Å². The zero-order chi connectivity index (χ0) is 12.1. The molecule has 6 nitrogen and oxygen atoms in total. The third-order valence-electron chi connectivity index (χ3n) is 1.95. The van der Waals surface area contributed by atoms with Crippen molar-refractivity contribution in [2.75, 3.05) is 18.7 Å². The molecule has 0 saturated heterocycles. The molecule has 0 fully saturated rings. The minimum atomic E-state index is 0.504. The molecule has 0 saturated carbocycles. The van der Waals surface area contributed by atoms with Crippen LogP contribution in [0.5, 0.6) is 0 Å². The molecule has 0 radical (unpaired) electrons. The van der Waals surface area contributed by atoms with Crippen molar-refractivity contribution in [3.8, 4) is 0 Å². The van der Waals surface area contributed by atoms with Gasteiger partial charge in [0.25, 0.3) is 0 Å². The molecule has 1 heterocycles. The molecule has 0 bridgehead atoms. The van der Waals surface area contributed by atoms with Crippen molar-refractivity contribution in [3.63, 3.8) is 0 Å². The Kier molecular flexibility index (Phi) is 4.04. The lowest BCUT2D eigenvalue weighted by Crippen LogP contribution is -2.33. The molecule has 88 valence electrons. The molecule has 0 aromatic carbocycles. The van der Waals surface area contributed by atoms with Crippen LogP contribution >= 0.6 is 0 Å². The predicted octanol–water partition coefficient (Wildman–Crippen LogP) is 0.830. The second-order valence-corrected chi connectivity index (χ2v) is 3.30. The van der Waals surface area contributed by atoms with E-state index in [2.05, 4.69) is 10.2 Å². The van der Waals surface area contributed by atoms with E-state index in [0.29, 0.717) is 23.2 Å². The molecule has 0 N–H and O–H groups in total. The lowest BCUT2D eigenvalue weighted by atomic mass is 10.3. The highest BCUT2D eigenvalue weighted by Gasteiger charge is 2.10. The number of aromatic nitrogens is 2. The Morgan fingerprint density at radius 2 is 2.38 bits per heavy atom. The fraction of sp³-hybridized carbons (Fsp3) is 0.500. The van der Waals surface area contributed by atoms with E-state index in [-0.39, 0.29) is 0 Å². The molecular weight excluding hydrogens is 208 g/mol. The van der Waals surface area contributed by atoms with E-state index in [1.165, 1.54) is 11.2 Å². The highest BCUT2D eigenvalue weighted by Crippen LogP contribution is 2.12. The summed E-state index contributed by atoms with van der Waals surface area (Å²) < 4.78 is 5.20. The monoisotopic (exact) mass is 224 g/mol. The standard InChI is InChI=1S/C10H16N4O2/c1-5-16-9(3)11-13(4)10-8(2)6-7-14(15)12-10/h6-7H,5H2,1-4H3/b11-9+. The van der Waals surface area contributed by atoms with E-state index in [1.807, 2.05) is 13.8 Å². The number of hydrogen-bond donors (Lipinski definition) is 0. The Balaban J connectivity index is 2.91. The summed E-state index contributed by atoms with van der Waals surface area (Å²) in [6.45, 7) is 6.07. The molecule has 6 heteroatoms. The molecule has 16 heavy (non-hydrogen) atoms. The molecule has 0 aliphatic rings. The minimum absolute atomic E-state index is 0.504. The van der Waals surface area contributed by atoms with E-state index < -0.39 is 0 Å². The Bertz CT molecular complexity index is 392. The fourth-order valence-corrected chi connectivity index (χ4v) is 1.27. The number of anilines is 1. The Morgan fingerprint density at radius 1 is 1.69 bits per heavy atom. The van der Waals surface area contributed by atoms with Crippen molar-refractivity contribution in [1.29, 1.82) is 0 Å². The first-order chi connectivity index (χ1) is 7.54. The first-order valence-corrected chi connectivity index (χ1v) is 5.03. The third kappa shape index (κ3) is 3.08. The lowest BCUT2D eigenvalue weighted by molar-refractivity contribution is -0.668. The van der Waals surface area contributed by atoms with Gasteiger partial charge < -0.3 is 9.94 Å². The lowest BCUT2D eigenvalue weighted by Gasteiger charge is -2.13. The van der Waals surface area contributed by atoms with E-state index >= 15 is 0 Å². The zero-order valence-electron chi connectivity index (χ0n) is 9.97. The molecule has 1 aromatic rings. The van der Waals surface area contributed by atoms with Gasteiger partial charge in [-0.05, 0) is 13.8 Å². The Morgan fingerprint density at radius 3 is 3.00 bits per heavy atom. The Hall–Kier alpha value is -1.85. The van der Waals surface area contributed by atoms with Gasteiger partial charge in [0.2, 0.25) is 17.9 Å². The summed E-state index contributed by atoms with van der Waals surface area (Å²) in [6, 6.07) is 1.69. The molecule has 0 unspecified atom stereocenters. The molecule has 0 aliphatic heterocycles. The van der Waals surface area contributed by atoms with Gasteiger partial charge in [-0.2, -0.15) is 0 Å². The number of ether oxygens (including phenoxy) is 1. The van der Waals surface area contributed by atoms with Gasteiger partial charge in [-0.25, -0.2) is 5.01 Å². The van der Waals surface area contributed by atoms with E-state index in [1.54, 1.807) is 20.0 Å². The van der Waals surface area contributed by atoms with E-state index in [9.17, 15) is 5.21 Å². The molecule has 1 aromatic heterocycles. The van der Waals surface area contributed by atoms with Gasteiger partial charge in [0.1, 0.15) is 0 Å². The van der Waals surface area contributed by atoms with Crippen LogP contribution in [0, 0.1) is 12.1 Å². The first-order valence-electron chi connectivity index (χ1n) is 5.03. The smallest absolute Gasteiger partial charge is 0.221 e. The number of rotatable bonds is 3. The summed E-state index contributed by atoms with van der Waals surface area (Å²) in [7, 11) is 1.72. The van der Waals surface area contributed by atoms with Crippen molar-refractivity contribution < 1.29 is 9.58 Å². The van der Waals surface area contributed by atoms with Crippen LogP contribution < -0.4 is 9.85 Å². The zero-order valence-corrected chi connectivity index (χ0v) is 9.97. The van der Waals surface area contributed by atoms with Crippen LogP contribution in [0.3, 0.4) is 0 Å². The van der Waals surface area contributed by atoms with Gasteiger partial charge in [-0.15, -0.1) is 5.10 Å². The summed E-state index contributed by atoms with van der Waals surface area (Å²) in [5.74, 6) is 1.05. The average molecular weight is 224 g/mol. The van der Waals surface area contributed by atoms with Crippen LogP contribution in [0.1, 0.15) is 19.4 Å². The molecule has 0 atom stereocenters. The topological polar surface area (TPSA) is 64.7 Å². The normalized spacial score (nSPS) is 11.4. The fourth-order valence-electron chi connectivity index (χ4n) is 1.27. The van der Waals surface area contributed by atoms with Crippen molar-refractivity contribution >= 4 is 11.7 Å². The van der Waals surface area contributed by atoms with Crippen molar-refractivity contribution in [3.05, 3.63) is 23.0 Å². The van der Waals surface area contributed by atoms with Gasteiger partial charge in [-0.3, -0.25) is 0 Å². The molecule has 0 spiro atoms. The molecule has 0 aliphatic carbocycles. The number of hydrogen-bond acceptors (Lipinski definition) is 5. The van der Waals surface area contributed by atoms with Crippen LogP contribution in [0.15, 0.2) is 17.4 Å². The maximum Gasteiger partial charge on any atom is 0.221 e. The maximum atomic E-state index is 11.1. The van der Waals surface area contributed by atoms with Crippen LogP contribution in [0.2, 0.25) is 0 Å². The highest BCUT2D eigenvalue weighted by molar-refractivity contribution is 5.74. The average Bonchev–Trinajstić information content (AvgIpc) is 2.21. The van der Waals surface area contributed by atoms with Gasteiger partial charge >= 0.3 is 0 Å². The summed E-state index contributed by atoms with van der Waals surface area (Å²) >= 11 is 0. The van der Waals surface area contributed by atoms with Crippen molar-refractivity contribution in [1.82, 2.24) is 5.10 Å². The number of aryl methyl sites for hydroxylation is 1. The van der Waals surface area contributed by atoms with Crippen LogP contribution in [0.4, 0.5) is 5.82 Å². The van der Waals surface area contributed by atoms with E-state index in [4.69, 9.17) is 4.74 Å². The van der Waals surface area contributed by atoms with Gasteiger partial charge in [0.15, 0.2) is 0 Å². The number of nitrogens with zero attached hydrogens (tertiary/aromatic N) is 4. The van der Waals surface area contributed by atoms with Gasteiger partial charge in [-0.1, -0.05) is 4.85 Å². The number of hydrazone groups is 1. The van der Waals surface area contributed by atoms with Crippen molar-refractivity contribution in [2.24, 2.45) is 5.10 Å². The maximum absolute atomic E-state index is 11.1. The largest absolute Gasteiger partial charge is 0.594 e. The molecular formula is C10H16N4O2. The quantitative estimate of drug-likeness (QED) is 0.251. The predicted molar refractivity (Wildman–Crippen MR) is 61.1 cm³/mol. The first kappa shape index (κ1) is 12.2. The second-order valence-electron chi connectivity index (χ2n) is 3.30. The highest BCUT2D eigenvalue weighted by atomic mass is 16.5. The minimum Gasteiger partial charge on any atom is -0.594 e. The van der Waals surface area contributed by atoms with Gasteiger partial charge in [0.05, 0.1) is 6.61 Å². The van der Waals surface area contributed by atoms with Crippen molar-refractivity contribution in [2.45, 2.75) is 20.8 Å². The Labute approximate surface area is 94.7 Å². The molecule has 1 rings (SSSR count). The summed E-state index contributed by atoms with van der Waals surface area (Å²) in [5, 5.41) is 20.5. The summed E-state index contributed by atoms with van der Waals surface area (Å²) in [5.41, 5.74) is 0.877. The van der Waals surface area contributed by atoms with Crippen LogP contribution in [0.25, 0.3) is 0 Å². The second kappa shape index (κ2) is 5.29. The summed E-state index contributed by atoms with van der Waals surface area (Å²) in [4.78, 5) is 0.504. The SMILES string of the molecule is CCO/C(C)=N/N(C)c1n[n+]([O-])ccc1C.